The molecule has 2 amide bonds. The van der Waals surface area contributed by atoms with E-state index in [1.54, 1.807) is 12.3 Å². The molecule has 0 saturated carbocycles. The average molecular weight is 384 g/mol. The highest BCUT2D eigenvalue weighted by atomic mass is 32.1. The van der Waals surface area contributed by atoms with E-state index in [2.05, 4.69) is 20.8 Å². The van der Waals surface area contributed by atoms with Crippen molar-refractivity contribution in [1.82, 2.24) is 20.8 Å². The van der Waals surface area contributed by atoms with Crippen molar-refractivity contribution < 1.29 is 14.7 Å². The van der Waals surface area contributed by atoms with Crippen LogP contribution < -0.4 is 10.6 Å². The van der Waals surface area contributed by atoms with Crippen LogP contribution >= 0.6 is 11.3 Å². The van der Waals surface area contributed by atoms with Crippen LogP contribution in [0.1, 0.15) is 34.0 Å². The summed E-state index contributed by atoms with van der Waals surface area (Å²) in [6.45, 7) is 0.156. The van der Waals surface area contributed by atoms with Crippen LogP contribution in [0.2, 0.25) is 0 Å². The van der Waals surface area contributed by atoms with Crippen molar-refractivity contribution in [2.45, 2.75) is 24.9 Å². The molecule has 0 saturated heterocycles. The number of H-pyrrole nitrogens is 1. The van der Waals surface area contributed by atoms with Gasteiger partial charge in [-0.2, -0.15) is 5.10 Å². The van der Waals surface area contributed by atoms with Crippen molar-refractivity contribution in [1.29, 1.82) is 0 Å². The summed E-state index contributed by atoms with van der Waals surface area (Å²) < 4.78 is 0.925. The Kier molecular flexibility index (Phi) is 4.91. The minimum Gasteiger partial charge on any atom is -0.389 e. The first-order valence-electron chi connectivity index (χ1n) is 8.86. The number of thiophene rings is 1. The summed E-state index contributed by atoms with van der Waals surface area (Å²) in [5, 5.41) is 25.4. The Labute approximate surface area is 159 Å². The number of aromatic nitrogens is 2. The van der Waals surface area contributed by atoms with E-state index in [9.17, 15) is 14.7 Å². The minimum absolute atomic E-state index is 0.0703. The van der Waals surface area contributed by atoms with Gasteiger partial charge in [0.1, 0.15) is 0 Å². The number of carbonyl (C=O) groups excluding carboxylic acids is 2. The molecule has 2 atom stereocenters. The second-order valence-electron chi connectivity index (χ2n) is 6.65. The third-order valence-corrected chi connectivity index (χ3v) is 5.82. The zero-order valence-electron chi connectivity index (χ0n) is 14.6. The van der Waals surface area contributed by atoms with Crippen molar-refractivity contribution in [3.05, 3.63) is 52.7 Å². The molecule has 8 heteroatoms. The van der Waals surface area contributed by atoms with Crippen LogP contribution in [0.3, 0.4) is 0 Å². The maximum Gasteiger partial charge on any atom is 0.252 e. The first-order valence-corrected chi connectivity index (χ1v) is 9.74. The van der Waals surface area contributed by atoms with E-state index >= 15 is 0 Å². The Bertz CT molecular complexity index is 980. The number of aromatic amines is 1. The molecule has 2 unspecified atom stereocenters. The van der Waals surface area contributed by atoms with Crippen molar-refractivity contribution in [2.75, 3.05) is 13.1 Å². The van der Waals surface area contributed by atoms with E-state index in [0.717, 1.165) is 34.2 Å². The average Bonchev–Trinajstić information content (AvgIpc) is 3.39. The highest BCUT2D eigenvalue weighted by Crippen LogP contribution is 2.31. The van der Waals surface area contributed by atoms with Crippen molar-refractivity contribution >= 4 is 33.2 Å². The molecule has 4 N–H and O–H groups in total. The van der Waals surface area contributed by atoms with Crippen LogP contribution in [-0.2, 0) is 11.2 Å². The molecular weight excluding hydrogens is 364 g/mol. The van der Waals surface area contributed by atoms with Gasteiger partial charge in [0, 0.05) is 17.8 Å². The Hall–Kier alpha value is -2.71. The van der Waals surface area contributed by atoms with Gasteiger partial charge in [-0.3, -0.25) is 14.7 Å². The number of hydrogen-bond donors (Lipinski definition) is 4. The number of hydrogen-bond acceptors (Lipinski definition) is 5. The molecule has 2 aromatic heterocycles. The molecule has 7 nitrogen and oxygen atoms in total. The van der Waals surface area contributed by atoms with Gasteiger partial charge in [0.25, 0.3) is 5.91 Å². The van der Waals surface area contributed by atoms with Crippen LogP contribution in [0.5, 0.6) is 0 Å². The maximum absolute atomic E-state index is 12.4. The second-order valence-corrected chi connectivity index (χ2v) is 7.57. The predicted molar refractivity (Wildman–Crippen MR) is 103 cm³/mol. The Morgan fingerprint density at radius 1 is 1.30 bits per heavy atom. The van der Waals surface area contributed by atoms with Crippen LogP contribution in [0.15, 0.2) is 35.8 Å². The number of amides is 2. The van der Waals surface area contributed by atoms with E-state index in [1.807, 2.05) is 23.6 Å². The third-order valence-electron chi connectivity index (χ3n) is 4.85. The molecule has 0 spiro atoms. The molecule has 0 radical (unpaired) electrons. The molecule has 2 heterocycles. The summed E-state index contributed by atoms with van der Waals surface area (Å²) in [6.07, 6.45) is 2.47. The van der Waals surface area contributed by atoms with Gasteiger partial charge in [-0.15, -0.1) is 11.3 Å². The smallest absolute Gasteiger partial charge is 0.252 e. The number of carbonyl (C=O) groups is 2. The van der Waals surface area contributed by atoms with Gasteiger partial charge < -0.3 is 15.7 Å². The van der Waals surface area contributed by atoms with Gasteiger partial charge >= 0.3 is 0 Å². The molecular formula is C19H20N4O3S. The lowest BCUT2D eigenvalue weighted by molar-refractivity contribution is -0.123. The van der Waals surface area contributed by atoms with Crippen molar-refractivity contribution in [2.24, 2.45) is 0 Å². The quantitative estimate of drug-likeness (QED) is 0.517. The number of aliphatic hydroxyl groups is 1. The zero-order chi connectivity index (χ0) is 18.8. The van der Waals surface area contributed by atoms with Gasteiger partial charge in [0.2, 0.25) is 5.91 Å². The van der Waals surface area contributed by atoms with Crippen LogP contribution in [-0.4, -0.2) is 46.3 Å². The highest BCUT2D eigenvalue weighted by molar-refractivity contribution is 7.17. The predicted octanol–water partition coefficient (Wildman–Crippen LogP) is 1.56. The third kappa shape index (κ3) is 3.58. The largest absolute Gasteiger partial charge is 0.389 e. The number of aliphatic hydroxyl groups excluding tert-OH is 1. The van der Waals surface area contributed by atoms with Crippen molar-refractivity contribution in [3.63, 3.8) is 0 Å². The van der Waals surface area contributed by atoms with Crippen LogP contribution in [0.4, 0.5) is 0 Å². The molecule has 4 rings (SSSR count). The lowest BCUT2D eigenvalue weighted by Crippen LogP contribution is -2.41. The standard InChI is InChI=1S/C19H20N4O3S/c24-13(9-20-18(25)14-5-4-12-8-22-23-16(12)14)10-21-19(26)15-3-1-2-11-6-7-27-17(11)15/h1-3,6-8,13-14,24H,4-5,9-10H2,(H,20,25)(H,21,26)(H,22,23). The van der Waals surface area contributed by atoms with Gasteiger partial charge in [0.05, 0.1) is 29.5 Å². The first kappa shape index (κ1) is 17.7. The Morgan fingerprint density at radius 3 is 3.04 bits per heavy atom. The van der Waals surface area contributed by atoms with Gasteiger partial charge in [0.15, 0.2) is 0 Å². The number of rotatable bonds is 6. The molecule has 3 aromatic rings. The van der Waals surface area contributed by atoms with E-state index in [4.69, 9.17) is 0 Å². The Balaban J connectivity index is 1.27. The number of benzene rings is 1. The molecule has 27 heavy (non-hydrogen) atoms. The SMILES string of the molecule is O=C(NCC(O)CNC(=O)C1CCc2cn[nH]c21)c1cccc2ccsc12. The minimum atomic E-state index is -0.858. The maximum atomic E-state index is 12.4. The molecule has 0 bridgehead atoms. The molecule has 140 valence electrons. The fourth-order valence-electron chi connectivity index (χ4n) is 3.42. The molecule has 1 aliphatic carbocycles. The summed E-state index contributed by atoms with van der Waals surface area (Å²) in [6, 6.07) is 7.53. The van der Waals surface area contributed by atoms with E-state index < -0.39 is 6.10 Å². The summed E-state index contributed by atoms with van der Waals surface area (Å²) in [4.78, 5) is 24.7. The molecule has 1 aromatic carbocycles. The number of fused-ring (bicyclic) bond motifs is 2. The summed E-state index contributed by atoms with van der Waals surface area (Å²) in [5.41, 5.74) is 2.53. The van der Waals surface area contributed by atoms with E-state index in [0.29, 0.717) is 5.56 Å². The van der Waals surface area contributed by atoms with Crippen LogP contribution in [0, 0.1) is 0 Å². The molecule has 0 aliphatic heterocycles. The second kappa shape index (κ2) is 7.50. The van der Waals surface area contributed by atoms with E-state index in [1.165, 1.54) is 11.3 Å². The fourth-order valence-corrected chi connectivity index (χ4v) is 4.33. The highest BCUT2D eigenvalue weighted by Gasteiger charge is 2.30. The Morgan fingerprint density at radius 2 is 2.15 bits per heavy atom. The summed E-state index contributed by atoms with van der Waals surface area (Å²) in [7, 11) is 0. The van der Waals surface area contributed by atoms with Gasteiger partial charge in [-0.1, -0.05) is 12.1 Å². The normalized spacial score (nSPS) is 16.9. The van der Waals surface area contributed by atoms with Crippen LogP contribution in [0.25, 0.3) is 10.1 Å². The molecule has 1 aliphatic rings. The van der Waals surface area contributed by atoms with E-state index in [-0.39, 0.29) is 30.8 Å². The summed E-state index contributed by atoms with van der Waals surface area (Å²) >= 11 is 1.51. The van der Waals surface area contributed by atoms with Crippen molar-refractivity contribution in [3.8, 4) is 0 Å². The monoisotopic (exact) mass is 384 g/mol. The lowest BCUT2D eigenvalue weighted by atomic mass is 10.1. The fraction of sp³-hybridized carbons (Fsp3) is 0.316. The first-order chi connectivity index (χ1) is 13.1. The molecule has 0 fully saturated rings. The van der Waals surface area contributed by atoms with Gasteiger partial charge in [-0.05, 0) is 41.3 Å². The topological polar surface area (TPSA) is 107 Å². The summed E-state index contributed by atoms with van der Waals surface area (Å²) in [5.74, 6) is -0.612. The number of nitrogens with one attached hydrogen (secondary N) is 3. The number of nitrogens with zero attached hydrogens (tertiary/aromatic N) is 1. The van der Waals surface area contributed by atoms with Gasteiger partial charge in [-0.25, -0.2) is 0 Å². The number of aryl methyl sites for hydroxylation is 1. The zero-order valence-corrected chi connectivity index (χ0v) is 15.4. The lowest BCUT2D eigenvalue weighted by Gasteiger charge is -2.15.